The molecule has 232 valence electrons. The van der Waals surface area contributed by atoms with Gasteiger partial charge >= 0.3 is 0 Å². The van der Waals surface area contributed by atoms with E-state index in [2.05, 4.69) is 23.2 Å². The number of aryl methyl sites for hydroxylation is 1. The van der Waals surface area contributed by atoms with Crippen molar-refractivity contribution in [3.8, 4) is 5.75 Å². The van der Waals surface area contributed by atoms with Crippen molar-refractivity contribution < 1.29 is 26.7 Å². The highest BCUT2D eigenvalue weighted by Crippen LogP contribution is 2.20. The van der Waals surface area contributed by atoms with E-state index < -0.39 is 0 Å². The van der Waals surface area contributed by atoms with Gasteiger partial charge in [-0.2, -0.15) is 0 Å². The molecule has 1 aliphatic rings. The molecule has 1 saturated heterocycles. The highest BCUT2D eigenvalue weighted by Gasteiger charge is 2.10. The molecule has 6 heteroatoms. The Morgan fingerprint density at radius 3 is 1.95 bits per heavy atom. The third-order valence-corrected chi connectivity index (χ3v) is 7.93. The number of benzene rings is 1. The van der Waals surface area contributed by atoms with Gasteiger partial charge in [0.15, 0.2) is 0 Å². The first-order valence-electron chi connectivity index (χ1n) is 16.6. The summed E-state index contributed by atoms with van der Waals surface area (Å²) in [6, 6.07) is 8.20. The summed E-state index contributed by atoms with van der Waals surface area (Å²) in [6.07, 6.45) is 24.3. The van der Waals surface area contributed by atoms with Crippen LogP contribution in [0, 0.1) is 0 Å². The van der Waals surface area contributed by atoms with Crippen molar-refractivity contribution in [3.63, 3.8) is 0 Å². The van der Waals surface area contributed by atoms with E-state index in [0.717, 1.165) is 76.6 Å². The minimum atomic E-state index is 0. The van der Waals surface area contributed by atoms with Crippen LogP contribution < -0.4 is 22.5 Å². The molecule has 0 aromatic heterocycles. The fourth-order valence-electron chi connectivity index (χ4n) is 5.38. The number of rotatable bonds is 25. The molecule has 0 saturated carbocycles. The number of halogens is 1. The van der Waals surface area contributed by atoms with Crippen LogP contribution in [0.1, 0.15) is 128 Å². The first-order chi connectivity index (χ1) is 19.3. The first-order valence-corrected chi connectivity index (χ1v) is 16.6. The Balaban J connectivity index is 0.00000800. The highest BCUT2D eigenvalue weighted by atomic mass is 35.5. The number of amides is 1. The lowest BCUT2D eigenvalue weighted by molar-refractivity contribution is -0.121. The summed E-state index contributed by atoms with van der Waals surface area (Å²) in [6.45, 7) is 8.49. The number of para-hydroxylation sites is 1. The largest absolute Gasteiger partial charge is 1.00 e. The SMILES string of the molecule is CCCCCCCCCCCCCCCCCCOc1ccccc1CCC(=O)NCCCN1CCOCC1.[Cl-]. The van der Waals surface area contributed by atoms with Crippen molar-refractivity contribution >= 4 is 5.91 Å². The quantitative estimate of drug-likeness (QED) is 0.164. The maximum Gasteiger partial charge on any atom is 0.220 e. The number of nitrogens with one attached hydrogen (secondary N) is 1. The van der Waals surface area contributed by atoms with Crippen LogP contribution in [0.5, 0.6) is 5.75 Å². The topological polar surface area (TPSA) is 50.8 Å². The molecule has 0 atom stereocenters. The predicted octanol–water partition coefficient (Wildman–Crippen LogP) is 5.10. The zero-order valence-corrected chi connectivity index (χ0v) is 26.5. The lowest BCUT2D eigenvalue weighted by Gasteiger charge is -2.26. The zero-order valence-electron chi connectivity index (χ0n) is 25.7. The molecule has 0 aliphatic carbocycles. The maximum absolute atomic E-state index is 12.3. The maximum atomic E-state index is 12.3. The minimum absolute atomic E-state index is 0. The van der Waals surface area contributed by atoms with Crippen LogP contribution in [0.3, 0.4) is 0 Å². The molecular weight excluding hydrogens is 520 g/mol. The summed E-state index contributed by atoms with van der Waals surface area (Å²) in [5, 5.41) is 3.08. The minimum Gasteiger partial charge on any atom is -1.00 e. The Hall–Kier alpha value is -1.30. The Kier molecular flexibility index (Phi) is 24.4. The average molecular weight is 580 g/mol. The fraction of sp³-hybridized carbons (Fsp3) is 0.794. The van der Waals surface area contributed by atoms with Gasteiger partial charge in [0.25, 0.3) is 0 Å². The van der Waals surface area contributed by atoms with Gasteiger partial charge in [-0.15, -0.1) is 0 Å². The Bertz CT molecular complexity index is 712. The highest BCUT2D eigenvalue weighted by molar-refractivity contribution is 5.76. The summed E-state index contributed by atoms with van der Waals surface area (Å²) in [4.78, 5) is 14.7. The lowest BCUT2D eigenvalue weighted by atomic mass is 10.0. The van der Waals surface area contributed by atoms with Crippen LogP contribution in [0.25, 0.3) is 0 Å². The number of hydrogen-bond donors (Lipinski definition) is 1. The van der Waals surface area contributed by atoms with Gasteiger partial charge in [0.05, 0.1) is 19.8 Å². The van der Waals surface area contributed by atoms with Crippen LogP contribution in [0.15, 0.2) is 24.3 Å². The fourth-order valence-corrected chi connectivity index (χ4v) is 5.38. The zero-order chi connectivity index (χ0) is 27.6. The molecule has 0 spiro atoms. The van der Waals surface area contributed by atoms with Gasteiger partial charge in [-0.3, -0.25) is 9.69 Å². The molecule has 40 heavy (non-hydrogen) atoms. The van der Waals surface area contributed by atoms with E-state index in [1.54, 1.807) is 0 Å². The number of unbranched alkanes of at least 4 members (excludes halogenated alkanes) is 15. The second-order valence-electron chi connectivity index (χ2n) is 11.4. The molecule has 5 nitrogen and oxygen atoms in total. The number of carbonyl (C=O) groups excluding carboxylic acids is 1. The van der Waals surface area contributed by atoms with E-state index in [-0.39, 0.29) is 18.3 Å². The second kappa shape index (κ2) is 26.6. The molecule has 1 heterocycles. The van der Waals surface area contributed by atoms with E-state index in [1.165, 1.54) is 96.3 Å². The molecule has 1 amide bonds. The first kappa shape index (κ1) is 36.7. The van der Waals surface area contributed by atoms with Gasteiger partial charge in [0.2, 0.25) is 5.91 Å². The third kappa shape index (κ3) is 19.7. The van der Waals surface area contributed by atoms with Crippen LogP contribution in [0.4, 0.5) is 0 Å². The number of carbonyl (C=O) groups is 1. The van der Waals surface area contributed by atoms with Gasteiger partial charge in [-0.25, -0.2) is 0 Å². The Morgan fingerprint density at radius 1 is 0.800 bits per heavy atom. The van der Waals surface area contributed by atoms with Crippen LogP contribution >= 0.6 is 0 Å². The molecule has 0 bridgehead atoms. The van der Waals surface area contributed by atoms with E-state index in [4.69, 9.17) is 9.47 Å². The summed E-state index contributed by atoms with van der Waals surface area (Å²) in [5.41, 5.74) is 1.14. The number of morpholine rings is 1. The Morgan fingerprint density at radius 2 is 1.35 bits per heavy atom. The van der Waals surface area contributed by atoms with Crippen molar-refractivity contribution in [1.82, 2.24) is 10.2 Å². The molecule has 1 aromatic rings. The van der Waals surface area contributed by atoms with E-state index in [9.17, 15) is 4.79 Å². The number of ether oxygens (including phenoxy) is 2. The van der Waals surface area contributed by atoms with Gasteiger partial charge < -0.3 is 27.2 Å². The normalized spacial score (nSPS) is 13.6. The molecule has 1 aromatic carbocycles. The molecule has 1 fully saturated rings. The van der Waals surface area contributed by atoms with Crippen molar-refractivity contribution in [1.29, 1.82) is 0 Å². The average Bonchev–Trinajstić information content (AvgIpc) is 2.97. The molecular formula is C34H60ClN2O3-. The van der Waals surface area contributed by atoms with E-state index >= 15 is 0 Å². The summed E-state index contributed by atoms with van der Waals surface area (Å²) in [7, 11) is 0. The van der Waals surface area contributed by atoms with E-state index in [0.29, 0.717) is 6.42 Å². The van der Waals surface area contributed by atoms with Crippen molar-refractivity contribution in [2.45, 2.75) is 129 Å². The smallest absolute Gasteiger partial charge is 0.220 e. The van der Waals surface area contributed by atoms with Gasteiger partial charge in [0, 0.05) is 26.1 Å². The van der Waals surface area contributed by atoms with Crippen LogP contribution in [0.2, 0.25) is 0 Å². The van der Waals surface area contributed by atoms with Gasteiger partial charge in [-0.1, -0.05) is 121 Å². The summed E-state index contributed by atoms with van der Waals surface area (Å²) >= 11 is 0. The second-order valence-corrected chi connectivity index (χ2v) is 11.4. The third-order valence-electron chi connectivity index (χ3n) is 7.93. The number of hydrogen-bond acceptors (Lipinski definition) is 4. The standard InChI is InChI=1S/C34H60N2O3.ClH/c1-2-3-4-5-6-7-8-9-10-11-12-13-14-15-16-19-29-39-33-22-18-17-21-32(33)23-24-34(37)35-25-20-26-36-27-30-38-31-28-36;/h17-18,21-22H,2-16,19-20,23-31H2,1H3,(H,35,37);1H/p-1. The molecule has 0 unspecified atom stereocenters. The molecule has 0 radical (unpaired) electrons. The Labute approximate surface area is 252 Å². The van der Waals surface area contributed by atoms with Gasteiger partial charge in [0.1, 0.15) is 5.75 Å². The van der Waals surface area contributed by atoms with Crippen molar-refractivity contribution in [3.05, 3.63) is 29.8 Å². The molecule has 1 aliphatic heterocycles. The molecule has 2 rings (SSSR count). The van der Waals surface area contributed by atoms with Crippen molar-refractivity contribution in [2.75, 3.05) is 46.0 Å². The van der Waals surface area contributed by atoms with Gasteiger partial charge in [-0.05, 0) is 37.4 Å². The molecule has 1 N–H and O–H groups in total. The predicted molar refractivity (Wildman–Crippen MR) is 165 cm³/mol. The lowest BCUT2D eigenvalue weighted by Crippen LogP contribution is -3.00. The number of nitrogens with zero attached hydrogens (tertiary/aromatic N) is 1. The monoisotopic (exact) mass is 579 g/mol. The van der Waals surface area contributed by atoms with Crippen molar-refractivity contribution in [2.24, 2.45) is 0 Å². The summed E-state index contributed by atoms with van der Waals surface area (Å²) in [5.74, 6) is 1.07. The van der Waals surface area contributed by atoms with Crippen LogP contribution in [-0.4, -0.2) is 56.8 Å². The summed E-state index contributed by atoms with van der Waals surface area (Å²) < 4.78 is 11.5. The van der Waals surface area contributed by atoms with E-state index in [1.807, 2.05) is 18.2 Å². The van der Waals surface area contributed by atoms with Crippen LogP contribution in [-0.2, 0) is 16.0 Å².